The van der Waals surface area contributed by atoms with Crippen LogP contribution in [0.4, 0.5) is 5.82 Å². The highest BCUT2D eigenvalue weighted by Crippen LogP contribution is 2.23. The van der Waals surface area contributed by atoms with Gasteiger partial charge < -0.3 is 10.6 Å². The van der Waals surface area contributed by atoms with E-state index in [1.54, 1.807) is 6.20 Å². The van der Waals surface area contributed by atoms with Crippen LogP contribution in [0.25, 0.3) is 0 Å². The summed E-state index contributed by atoms with van der Waals surface area (Å²) in [5.74, 6) is 0.906. The van der Waals surface area contributed by atoms with Gasteiger partial charge in [-0.05, 0) is 18.6 Å². The normalized spacial score (nSPS) is 18.6. The van der Waals surface area contributed by atoms with E-state index in [2.05, 4.69) is 21.7 Å². The van der Waals surface area contributed by atoms with Gasteiger partial charge in [0.1, 0.15) is 5.82 Å². The maximum atomic E-state index is 6.20. The van der Waals surface area contributed by atoms with Crippen LogP contribution in [0.15, 0.2) is 18.3 Å². The SMILES string of the molecule is CCCC(CN)N1CCN(c2ncccc2Cl)CC1. The second-order valence-corrected chi connectivity index (χ2v) is 5.42. The topological polar surface area (TPSA) is 45.4 Å². The van der Waals surface area contributed by atoms with E-state index in [1.165, 1.54) is 12.8 Å². The first-order chi connectivity index (χ1) is 9.26. The van der Waals surface area contributed by atoms with Crippen molar-refractivity contribution in [2.24, 2.45) is 5.73 Å². The van der Waals surface area contributed by atoms with Crippen molar-refractivity contribution >= 4 is 17.4 Å². The summed E-state index contributed by atoms with van der Waals surface area (Å²) in [7, 11) is 0. The molecule has 0 spiro atoms. The van der Waals surface area contributed by atoms with Crippen LogP contribution < -0.4 is 10.6 Å². The van der Waals surface area contributed by atoms with Gasteiger partial charge in [-0.2, -0.15) is 0 Å². The number of nitrogens with zero attached hydrogens (tertiary/aromatic N) is 3. The number of nitrogens with two attached hydrogens (primary N) is 1. The molecule has 0 bridgehead atoms. The zero-order chi connectivity index (χ0) is 13.7. The third-order valence-electron chi connectivity index (χ3n) is 3.76. The summed E-state index contributed by atoms with van der Waals surface area (Å²) >= 11 is 6.20. The lowest BCUT2D eigenvalue weighted by Gasteiger charge is -2.39. The Labute approximate surface area is 120 Å². The smallest absolute Gasteiger partial charge is 0.147 e. The molecule has 0 aliphatic carbocycles. The largest absolute Gasteiger partial charge is 0.353 e. The Balaban J connectivity index is 1.94. The minimum absolute atomic E-state index is 0.520. The molecule has 106 valence electrons. The van der Waals surface area contributed by atoms with Crippen LogP contribution in [0.2, 0.25) is 5.02 Å². The van der Waals surface area contributed by atoms with Gasteiger partial charge in [0.05, 0.1) is 5.02 Å². The first-order valence-electron chi connectivity index (χ1n) is 7.05. The van der Waals surface area contributed by atoms with E-state index in [0.29, 0.717) is 6.04 Å². The van der Waals surface area contributed by atoms with E-state index in [-0.39, 0.29) is 0 Å². The summed E-state index contributed by atoms with van der Waals surface area (Å²) in [6.45, 7) is 6.97. The van der Waals surface area contributed by atoms with Gasteiger partial charge in [0, 0.05) is 45.0 Å². The summed E-state index contributed by atoms with van der Waals surface area (Å²) in [4.78, 5) is 9.14. The van der Waals surface area contributed by atoms with Crippen LogP contribution in [0.1, 0.15) is 19.8 Å². The zero-order valence-corrected chi connectivity index (χ0v) is 12.3. The third kappa shape index (κ3) is 3.59. The Bertz CT molecular complexity index is 391. The molecule has 5 heteroatoms. The third-order valence-corrected chi connectivity index (χ3v) is 4.06. The summed E-state index contributed by atoms with van der Waals surface area (Å²) in [6, 6.07) is 4.29. The Morgan fingerprint density at radius 1 is 1.37 bits per heavy atom. The fourth-order valence-corrected chi connectivity index (χ4v) is 2.93. The molecule has 1 aliphatic heterocycles. The van der Waals surface area contributed by atoms with Gasteiger partial charge in [-0.25, -0.2) is 4.98 Å². The van der Waals surface area contributed by atoms with Gasteiger partial charge >= 0.3 is 0 Å². The van der Waals surface area contributed by atoms with Crippen LogP contribution in [0.3, 0.4) is 0 Å². The molecule has 2 rings (SSSR count). The van der Waals surface area contributed by atoms with E-state index in [4.69, 9.17) is 17.3 Å². The molecule has 0 aromatic carbocycles. The second-order valence-electron chi connectivity index (χ2n) is 5.01. The number of halogens is 1. The van der Waals surface area contributed by atoms with Crippen molar-refractivity contribution in [3.63, 3.8) is 0 Å². The molecule has 0 amide bonds. The first-order valence-corrected chi connectivity index (χ1v) is 7.43. The van der Waals surface area contributed by atoms with Gasteiger partial charge in [-0.3, -0.25) is 4.90 Å². The molecule has 1 aliphatic rings. The van der Waals surface area contributed by atoms with Crippen molar-refractivity contribution in [3.8, 4) is 0 Å². The summed E-state index contributed by atoms with van der Waals surface area (Å²) < 4.78 is 0. The monoisotopic (exact) mass is 282 g/mol. The summed E-state index contributed by atoms with van der Waals surface area (Å²) in [5, 5.41) is 0.736. The maximum Gasteiger partial charge on any atom is 0.147 e. The molecular weight excluding hydrogens is 260 g/mol. The number of hydrogen-bond donors (Lipinski definition) is 1. The predicted molar refractivity (Wildman–Crippen MR) is 80.8 cm³/mol. The molecule has 0 radical (unpaired) electrons. The fraction of sp³-hybridized carbons (Fsp3) is 0.643. The Morgan fingerprint density at radius 2 is 2.11 bits per heavy atom. The minimum atomic E-state index is 0.520. The van der Waals surface area contributed by atoms with Crippen molar-refractivity contribution in [2.45, 2.75) is 25.8 Å². The number of aromatic nitrogens is 1. The average molecular weight is 283 g/mol. The van der Waals surface area contributed by atoms with Crippen LogP contribution in [0.5, 0.6) is 0 Å². The number of piperazine rings is 1. The predicted octanol–water partition coefficient (Wildman–Crippen LogP) is 1.98. The quantitative estimate of drug-likeness (QED) is 0.897. The average Bonchev–Trinajstić information content (AvgIpc) is 2.46. The fourth-order valence-electron chi connectivity index (χ4n) is 2.69. The molecule has 0 saturated carbocycles. The number of rotatable bonds is 5. The summed E-state index contributed by atoms with van der Waals surface area (Å²) in [5.41, 5.74) is 5.87. The van der Waals surface area contributed by atoms with Gasteiger partial charge in [0.25, 0.3) is 0 Å². The lowest BCUT2D eigenvalue weighted by atomic mass is 10.1. The molecule has 1 atom stereocenters. The van der Waals surface area contributed by atoms with E-state index in [9.17, 15) is 0 Å². The molecule has 1 saturated heterocycles. The summed E-state index contributed by atoms with van der Waals surface area (Å²) in [6.07, 6.45) is 4.17. The molecule has 2 heterocycles. The highest BCUT2D eigenvalue weighted by atomic mass is 35.5. The Hall–Kier alpha value is -0.840. The Kier molecular flexibility index (Phi) is 5.43. The van der Waals surface area contributed by atoms with E-state index in [0.717, 1.165) is 43.6 Å². The van der Waals surface area contributed by atoms with Crippen molar-refractivity contribution in [1.29, 1.82) is 0 Å². The molecular formula is C14H23ClN4. The van der Waals surface area contributed by atoms with Gasteiger partial charge in [-0.1, -0.05) is 24.9 Å². The number of hydrogen-bond acceptors (Lipinski definition) is 4. The molecule has 2 N–H and O–H groups in total. The molecule has 4 nitrogen and oxygen atoms in total. The molecule has 1 aromatic rings. The second kappa shape index (κ2) is 7.08. The van der Waals surface area contributed by atoms with Crippen LogP contribution in [-0.4, -0.2) is 48.6 Å². The molecule has 19 heavy (non-hydrogen) atoms. The highest BCUT2D eigenvalue weighted by molar-refractivity contribution is 6.32. The lowest BCUT2D eigenvalue weighted by molar-refractivity contribution is 0.179. The van der Waals surface area contributed by atoms with Gasteiger partial charge in [0.2, 0.25) is 0 Å². The van der Waals surface area contributed by atoms with Crippen LogP contribution >= 0.6 is 11.6 Å². The van der Waals surface area contributed by atoms with Crippen LogP contribution in [-0.2, 0) is 0 Å². The highest BCUT2D eigenvalue weighted by Gasteiger charge is 2.23. The van der Waals surface area contributed by atoms with Crippen molar-refractivity contribution < 1.29 is 0 Å². The molecule has 1 unspecified atom stereocenters. The standard InChI is InChI=1S/C14H23ClN4/c1-2-4-12(11-16)18-7-9-19(10-8-18)14-13(15)5-3-6-17-14/h3,5-6,12H,2,4,7-11,16H2,1H3. The van der Waals surface area contributed by atoms with Crippen molar-refractivity contribution in [1.82, 2.24) is 9.88 Å². The lowest BCUT2D eigenvalue weighted by Crippen LogP contribution is -2.52. The molecule has 1 fully saturated rings. The minimum Gasteiger partial charge on any atom is -0.353 e. The van der Waals surface area contributed by atoms with Crippen LogP contribution in [0, 0.1) is 0 Å². The van der Waals surface area contributed by atoms with Gasteiger partial charge in [0.15, 0.2) is 0 Å². The maximum absolute atomic E-state index is 6.20. The number of pyridine rings is 1. The van der Waals surface area contributed by atoms with E-state index >= 15 is 0 Å². The van der Waals surface area contributed by atoms with E-state index < -0.39 is 0 Å². The molecule has 1 aromatic heterocycles. The zero-order valence-electron chi connectivity index (χ0n) is 11.6. The van der Waals surface area contributed by atoms with Gasteiger partial charge in [-0.15, -0.1) is 0 Å². The number of anilines is 1. The van der Waals surface area contributed by atoms with Crippen molar-refractivity contribution in [3.05, 3.63) is 23.4 Å². The Morgan fingerprint density at radius 3 is 2.68 bits per heavy atom. The first kappa shape index (κ1) is 14.6. The van der Waals surface area contributed by atoms with Crippen molar-refractivity contribution in [2.75, 3.05) is 37.6 Å². The van der Waals surface area contributed by atoms with E-state index in [1.807, 2.05) is 12.1 Å².